The predicted octanol–water partition coefficient (Wildman–Crippen LogP) is 3.16. The van der Waals surface area contributed by atoms with E-state index in [2.05, 4.69) is 32.2 Å². The Morgan fingerprint density at radius 1 is 1.07 bits per heavy atom. The molecule has 2 aromatic heterocycles. The van der Waals surface area contributed by atoms with Gasteiger partial charge in [-0.05, 0) is 30.3 Å². The fourth-order valence-corrected chi connectivity index (χ4v) is 3.64. The number of nitrogens with one attached hydrogen (secondary N) is 1. The molecule has 6 nitrogen and oxygen atoms in total. The van der Waals surface area contributed by atoms with Gasteiger partial charge in [-0.3, -0.25) is 10.00 Å². The van der Waals surface area contributed by atoms with Gasteiger partial charge in [0, 0.05) is 54.5 Å². The summed E-state index contributed by atoms with van der Waals surface area (Å²) in [5.74, 6) is 0.766. The van der Waals surface area contributed by atoms with E-state index < -0.39 is 0 Å². The lowest BCUT2D eigenvalue weighted by atomic mass is 10.1. The molecule has 27 heavy (non-hydrogen) atoms. The van der Waals surface area contributed by atoms with Gasteiger partial charge in [0.15, 0.2) is 5.82 Å². The number of nitrogens with two attached hydrogens (primary N) is 1. The number of H-pyrrole nitrogens is 1. The number of nitrogens with zero attached hydrogens (tertiary/aromatic N) is 4. The number of aromatic amines is 1. The van der Waals surface area contributed by atoms with Crippen LogP contribution in [-0.2, 0) is 19.5 Å². The summed E-state index contributed by atoms with van der Waals surface area (Å²) >= 11 is 0. The number of hydrogen-bond acceptors (Lipinski definition) is 5. The molecule has 0 atom stereocenters. The Balaban J connectivity index is 1.36. The van der Waals surface area contributed by atoms with E-state index in [1.807, 2.05) is 42.6 Å². The summed E-state index contributed by atoms with van der Waals surface area (Å²) in [4.78, 5) is 11.8. The quantitative estimate of drug-likeness (QED) is 0.551. The van der Waals surface area contributed by atoms with Gasteiger partial charge in [-0.25, -0.2) is 9.97 Å². The predicted molar refractivity (Wildman–Crippen MR) is 106 cm³/mol. The van der Waals surface area contributed by atoms with Crippen molar-refractivity contribution in [2.24, 2.45) is 0 Å². The SMILES string of the molecule is Nc1ccc(-c2ncc3c(n2)CCN(Cc2[nH]nc4ccccc24)C3)cc1. The average molecular weight is 356 g/mol. The van der Waals surface area contributed by atoms with Crippen LogP contribution in [-0.4, -0.2) is 31.6 Å². The van der Waals surface area contributed by atoms with Crippen LogP contribution in [0.15, 0.2) is 54.7 Å². The molecule has 3 N–H and O–H groups in total. The maximum absolute atomic E-state index is 5.77. The van der Waals surface area contributed by atoms with Crippen LogP contribution >= 0.6 is 0 Å². The number of anilines is 1. The highest BCUT2D eigenvalue weighted by molar-refractivity contribution is 5.81. The molecule has 0 amide bonds. The smallest absolute Gasteiger partial charge is 0.159 e. The van der Waals surface area contributed by atoms with Crippen molar-refractivity contribution in [1.29, 1.82) is 0 Å². The zero-order chi connectivity index (χ0) is 18.2. The van der Waals surface area contributed by atoms with Gasteiger partial charge in [0.2, 0.25) is 0 Å². The van der Waals surface area contributed by atoms with Crippen LogP contribution in [0.1, 0.15) is 17.0 Å². The molecule has 5 rings (SSSR count). The number of nitrogen functional groups attached to an aromatic ring is 1. The van der Waals surface area contributed by atoms with Gasteiger partial charge in [-0.1, -0.05) is 18.2 Å². The first-order valence-electron chi connectivity index (χ1n) is 9.11. The maximum atomic E-state index is 5.77. The summed E-state index contributed by atoms with van der Waals surface area (Å²) in [6, 6.07) is 15.9. The summed E-state index contributed by atoms with van der Waals surface area (Å²) in [7, 11) is 0. The molecule has 4 aromatic rings. The molecule has 0 bridgehead atoms. The van der Waals surface area contributed by atoms with E-state index in [0.717, 1.165) is 60.0 Å². The minimum absolute atomic E-state index is 0.749. The standard InChI is InChI=1S/C21H20N6/c22-16-7-5-14(6-8-16)21-23-11-15-12-27(10-9-18(15)24-21)13-20-17-3-1-2-4-19(17)25-26-20/h1-8,11H,9-10,12-13,22H2,(H,25,26). The molecular weight excluding hydrogens is 336 g/mol. The molecule has 0 radical (unpaired) electrons. The number of rotatable bonds is 3. The third kappa shape index (κ3) is 3.04. The molecule has 134 valence electrons. The van der Waals surface area contributed by atoms with Crippen molar-refractivity contribution in [3.05, 3.63) is 71.7 Å². The van der Waals surface area contributed by atoms with Crippen molar-refractivity contribution in [2.75, 3.05) is 12.3 Å². The molecule has 0 saturated heterocycles. The van der Waals surface area contributed by atoms with Gasteiger partial charge >= 0.3 is 0 Å². The minimum atomic E-state index is 0.749. The van der Waals surface area contributed by atoms with Crippen LogP contribution in [0.4, 0.5) is 5.69 Å². The van der Waals surface area contributed by atoms with Crippen molar-refractivity contribution >= 4 is 16.6 Å². The average Bonchev–Trinajstić information content (AvgIpc) is 3.11. The van der Waals surface area contributed by atoms with Gasteiger partial charge in [-0.15, -0.1) is 0 Å². The van der Waals surface area contributed by atoms with Gasteiger partial charge < -0.3 is 5.73 Å². The molecule has 0 spiro atoms. The second-order valence-electron chi connectivity index (χ2n) is 6.97. The molecule has 1 aliphatic heterocycles. The summed E-state index contributed by atoms with van der Waals surface area (Å²) in [5.41, 5.74) is 12.0. The van der Waals surface area contributed by atoms with Gasteiger partial charge in [0.1, 0.15) is 0 Å². The number of fused-ring (bicyclic) bond motifs is 2. The van der Waals surface area contributed by atoms with E-state index in [1.165, 1.54) is 10.9 Å². The first-order chi connectivity index (χ1) is 13.3. The van der Waals surface area contributed by atoms with E-state index in [0.29, 0.717) is 0 Å². The molecule has 0 saturated carbocycles. The maximum Gasteiger partial charge on any atom is 0.159 e. The second kappa shape index (κ2) is 6.48. The van der Waals surface area contributed by atoms with Gasteiger partial charge in [0.05, 0.1) is 16.9 Å². The lowest BCUT2D eigenvalue weighted by molar-refractivity contribution is 0.241. The second-order valence-corrected chi connectivity index (χ2v) is 6.97. The molecule has 0 unspecified atom stereocenters. The Labute approximate surface area is 157 Å². The van der Waals surface area contributed by atoms with Crippen LogP contribution < -0.4 is 5.73 Å². The molecule has 3 heterocycles. The summed E-state index contributed by atoms with van der Waals surface area (Å²) in [6.45, 7) is 2.67. The Morgan fingerprint density at radius 2 is 1.93 bits per heavy atom. The topological polar surface area (TPSA) is 83.7 Å². The highest BCUT2D eigenvalue weighted by Gasteiger charge is 2.20. The molecule has 0 aliphatic carbocycles. The summed E-state index contributed by atoms with van der Waals surface area (Å²) < 4.78 is 0. The monoisotopic (exact) mass is 356 g/mol. The van der Waals surface area contributed by atoms with E-state index >= 15 is 0 Å². The fraction of sp³-hybridized carbons (Fsp3) is 0.190. The fourth-order valence-electron chi connectivity index (χ4n) is 3.64. The Bertz CT molecular complexity index is 1100. The van der Waals surface area contributed by atoms with E-state index in [4.69, 9.17) is 10.7 Å². The first kappa shape index (κ1) is 16.0. The van der Waals surface area contributed by atoms with Crippen LogP contribution in [0.2, 0.25) is 0 Å². The Hall–Kier alpha value is -3.25. The van der Waals surface area contributed by atoms with Crippen LogP contribution in [0.3, 0.4) is 0 Å². The van der Waals surface area contributed by atoms with E-state index in [9.17, 15) is 0 Å². The Kier molecular flexibility index (Phi) is 3.83. The molecule has 1 aliphatic rings. The summed E-state index contributed by atoms with van der Waals surface area (Å²) in [5, 5.41) is 8.77. The third-order valence-corrected chi connectivity index (χ3v) is 5.10. The number of aromatic nitrogens is 4. The highest BCUT2D eigenvalue weighted by atomic mass is 15.2. The highest BCUT2D eigenvalue weighted by Crippen LogP contribution is 2.24. The molecule has 6 heteroatoms. The van der Waals surface area contributed by atoms with Crippen LogP contribution in [0.5, 0.6) is 0 Å². The molecule has 0 fully saturated rings. The lowest BCUT2D eigenvalue weighted by Gasteiger charge is -2.27. The Morgan fingerprint density at radius 3 is 2.81 bits per heavy atom. The normalized spacial score (nSPS) is 14.4. The molecular formula is C21H20N6. The van der Waals surface area contributed by atoms with Crippen molar-refractivity contribution in [2.45, 2.75) is 19.5 Å². The zero-order valence-corrected chi connectivity index (χ0v) is 14.9. The largest absolute Gasteiger partial charge is 0.399 e. The van der Waals surface area contributed by atoms with Crippen molar-refractivity contribution < 1.29 is 0 Å². The number of hydrogen-bond donors (Lipinski definition) is 2. The summed E-state index contributed by atoms with van der Waals surface area (Å²) in [6.07, 6.45) is 2.89. The zero-order valence-electron chi connectivity index (χ0n) is 14.9. The lowest BCUT2D eigenvalue weighted by Crippen LogP contribution is -2.31. The van der Waals surface area contributed by atoms with Crippen molar-refractivity contribution in [3.8, 4) is 11.4 Å². The number of para-hydroxylation sites is 1. The van der Waals surface area contributed by atoms with E-state index in [-0.39, 0.29) is 0 Å². The van der Waals surface area contributed by atoms with Crippen molar-refractivity contribution in [1.82, 2.24) is 25.1 Å². The van der Waals surface area contributed by atoms with Gasteiger partial charge in [0.25, 0.3) is 0 Å². The van der Waals surface area contributed by atoms with E-state index in [1.54, 1.807) is 0 Å². The minimum Gasteiger partial charge on any atom is -0.399 e. The number of benzene rings is 2. The van der Waals surface area contributed by atoms with Crippen LogP contribution in [0, 0.1) is 0 Å². The van der Waals surface area contributed by atoms with Crippen molar-refractivity contribution in [3.63, 3.8) is 0 Å². The van der Waals surface area contributed by atoms with Gasteiger partial charge in [-0.2, -0.15) is 5.10 Å². The third-order valence-electron chi connectivity index (χ3n) is 5.10. The first-order valence-corrected chi connectivity index (χ1v) is 9.11. The molecule has 2 aromatic carbocycles. The van der Waals surface area contributed by atoms with Crippen LogP contribution in [0.25, 0.3) is 22.3 Å².